The summed E-state index contributed by atoms with van der Waals surface area (Å²) in [5.74, 6) is 0.838. The van der Waals surface area contributed by atoms with Gasteiger partial charge in [-0.15, -0.1) is 11.8 Å². The summed E-state index contributed by atoms with van der Waals surface area (Å²) in [6.45, 7) is 7.16. The maximum Gasteiger partial charge on any atom is 0.233 e. The second-order valence-electron chi connectivity index (χ2n) is 6.01. The van der Waals surface area contributed by atoms with Crippen molar-refractivity contribution >= 4 is 17.7 Å². The Morgan fingerprint density at radius 1 is 1.37 bits per heavy atom. The molecule has 1 heterocycles. The molecule has 1 aromatic rings. The summed E-state index contributed by atoms with van der Waals surface area (Å²) in [4.78, 5) is 18.4. The molecular formula is C15H22N2OS. The van der Waals surface area contributed by atoms with Gasteiger partial charge < -0.3 is 4.90 Å². The second-order valence-corrected chi connectivity index (χ2v) is 7.81. The van der Waals surface area contributed by atoms with Gasteiger partial charge in [0.15, 0.2) is 0 Å². The van der Waals surface area contributed by atoms with E-state index < -0.39 is 0 Å². The molecule has 1 fully saturated rings. The molecule has 3 nitrogen and oxygen atoms in total. The Morgan fingerprint density at radius 2 is 2.00 bits per heavy atom. The van der Waals surface area contributed by atoms with Crippen LogP contribution in [-0.2, 0) is 11.3 Å². The Morgan fingerprint density at radius 3 is 2.53 bits per heavy atom. The summed E-state index contributed by atoms with van der Waals surface area (Å²) in [6, 6.07) is 4.43. The molecule has 1 saturated carbocycles. The lowest BCUT2D eigenvalue weighted by Crippen LogP contribution is -2.34. The van der Waals surface area contributed by atoms with Crippen molar-refractivity contribution in [3.05, 3.63) is 30.1 Å². The van der Waals surface area contributed by atoms with Crippen molar-refractivity contribution in [1.29, 1.82) is 0 Å². The zero-order chi connectivity index (χ0) is 13.9. The highest BCUT2D eigenvalue weighted by atomic mass is 32.2. The van der Waals surface area contributed by atoms with E-state index >= 15 is 0 Å². The molecule has 0 radical (unpaired) electrons. The minimum Gasteiger partial charge on any atom is -0.335 e. The van der Waals surface area contributed by atoms with Crippen LogP contribution in [0.4, 0.5) is 0 Å². The van der Waals surface area contributed by atoms with Crippen LogP contribution >= 0.6 is 11.8 Å². The lowest BCUT2D eigenvalue weighted by atomic mass is 10.2. The fraction of sp³-hybridized carbons (Fsp3) is 0.600. The monoisotopic (exact) mass is 278 g/mol. The van der Waals surface area contributed by atoms with Crippen molar-refractivity contribution in [2.24, 2.45) is 0 Å². The van der Waals surface area contributed by atoms with Crippen molar-refractivity contribution in [1.82, 2.24) is 9.88 Å². The first-order valence-corrected chi connectivity index (χ1v) is 7.76. The van der Waals surface area contributed by atoms with Gasteiger partial charge in [-0.25, -0.2) is 0 Å². The summed E-state index contributed by atoms with van der Waals surface area (Å²) in [7, 11) is 0. The Labute approximate surface area is 119 Å². The number of nitrogens with zero attached hydrogens (tertiary/aromatic N) is 2. The maximum atomic E-state index is 12.4. The standard InChI is InChI=1S/C15H22N2OS/c1-15(2,3)19-11-14(18)17(13-4-5-13)10-12-6-8-16-9-7-12/h6-9,13H,4-5,10-11H2,1-3H3. The quantitative estimate of drug-likeness (QED) is 0.830. The predicted molar refractivity (Wildman–Crippen MR) is 80.0 cm³/mol. The van der Waals surface area contributed by atoms with E-state index in [-0.39, 0.29) is 10.7 Å². The molecule has 0 aromatic carbocycles. The molecule has 1 aliphatic carbocycles. The minimum atomic E-state index is 0.140. The Hall–Kier alpha value is -1.03. The smallest absolute Gasteiger partial charge is 0.233 e. The van der Waals surface area contributed by atoms with E-state index in [0.717, 1.165) is 24.9 Å². The van der Waals surface area contributed by atoms with Gasteiger partial charge >= 0.3 is 0 Å². The highest BCUT2D eigenvalue weighted by molar-refractivity contribution is 8.01. The molecule has 4 heteroatoms. The average molecular weight is 278 g/mol. The molecule has 0 unspecified atom stereocenters. The molecule has 0 spiro atoms. The molecule has 2 rings (SSSR count). The van der Waals surface area contributed by atoms with Crippen molar-refractivity contribution in [2.45, 2.75) is 50.9 Å². The average Bonchev–Trinajstić information content (AvgIpc) is 3.18. The molecule has 19 heavy (non-hydrogen) atoms. The first-order chi connectivity index (χ1) is 8.96. The van der Waals surface area contributed by atoms with Gasteiger partial charge in [-0.05, 0) is 30.5 Å². The second kappa shape index (κ2) is 5.95. The lowest BCUT2D eigenvalue weighted by molar-refractivity contribution is -0.129. The number of aromatic nitrogens is 1. The largest absolute Gasteiger partial charge is 0.335 e. The van der Waals surface area contributed by atoms with Crippen LogP contribution in [0.2, 0.25) is 0 Å². The van der Waals surface area contributed by atoms with Crippen LogP contribution in [0.25, 0.3) is 0 Å². The maximum absolute atomic E-state index is 12.4. The molecule has 0 aliphatic heterocycles. The summed E-state index contributed by atoms with van der Waals surface area (Å²) < 4.78 is 0.140. The summed E-state index contributed by atoms with van der Waals surface area (Å²) in [5, 5.41) is 0. The Balaban J connectivity index is 1.94. The van der Waals surface area contributed by atoms with Crippen LogP contribution in [0, 0.1) is 0 Å². The van der Waals surface area contributed by atoms with Gasteiger partial charge in [0.2, 0.25) is 5.91 Å². The van der Waals surface area contributed by atoms with Crippen LogP contribution < -0.4 is 0 Å². The fourth-order valence-corrected chi connectivity index (χ4v) is 2.58. The van der Waals surface area contributed by atoms with E-state index in [4.69, 9.17) is 0 Å². The molecule has 104 valence electrons. The van der Waals surface area contributed by atoms with Crippen LogP contribution in [0.5, 0.6) is 0 Å². The fourth-order valence-electron chi connectivity index (χ4n) is 1.85. The normalized spacial score (nSPS) is 15.3. The Kier molecular flexibility index (Phi) is 4.50. The number of pyridine rings is 1. The van der Waals surface area contributed by atoms with Crippen LogP contribution in [0.3, 0.4) is 0 Å². The summed E-state index contributed by atoms with van der Waals surface area (Å²) in [6.07, 6.45) is 5.87. The molecule has 0 atom stereocenters. The van der Waals surface area contributed by atoms with E-state index in [2.05, 4.69) is 25.8 Å². The predicted octanol–water partition coefficient (Wildman–Crippen LogP) is 3.10. The van der Waals surface area contributed by atoms with Gasteiger partial charge in [0, 0.05) is 29.7 Å². The van der Waals surface area contributed by atoms with Gasteiger partial charge in [0.1, 0.15) is 0 Å². The zero-order valence-corrected chi connectivity index (χ0v) is 12.7. The number of carbonyl (C=O) groups is 1. The first kappa shape index (κ1) is 14.4. The van der Waals surface area contributed by atoms with E-state index in [1.165, 1.54) is 0 Å². The van der Waals surface area contributed by atoms with E-state index in [9.17, 15) is 4.79 Å². The van der Waals surface area contributed by atoms with E-state index in [0.29, 0.717) is 11.8 Å². The molecule has 1 aromatic heterocycles. The van der Waals surface area contributed by atoms with Gasteiger partial charge in [0.05, 0.1) is 5.75 Å². The van der Waals surface area contributed by atoms with E-state index in [1.54, 1.807) is 24.2 Å². The van der Waals surface area contributed by atoms with Crippen molar-refractivity contribution in [3.63, 3.8) is 0 Å². The van der Waals surface area contributed by atoms with Gasteiger partial charge in [0.25, 0.3) is 0 Å². The number of hydrogen-bond donors (Lipinski definition) is 0. The van der Waals surface area contributed by atoms with E-state index in [1.807, 2.05) is 17.0 Å². The SMILES string of the molecule is CC(C)(C)SCC(=O)N(Cc1ccncc1)C1CC1. The zero-order valence-electron chi connectivity index (χ0n) is 11.9. The third-order valence-electron chi connectivity index (χ3n) is 3.04. The third-order valence-corrected chi connectivity index (χ3v) is 4.30. The van der Waals surface area contributed by atoms with Crippen molar-refractivity contribution in [3.8, 4) is 0 Å². The summed E-state index contributed by atoms with van der Waals surface area (Å²) in [5.41, 5.74) is 1.16. The number of rotatable bonds is 5. The molecule has 0 saturated heterocycles. The Bertz CT molecular complexity index is 424. The van der Waals surface area contributed by atoms with Crippen LogP contribution in [0.15, 0.2) is 24.5 Å². The van der Waals surface area contributed by atoms with Crippen LogP contribution in [-0.4, -0.2) is 32.3 Å². The highest BCUT2D eigenvalue weighted by Gasteiger charge is 2.32. The van der Waals surface area contributed by atoms with Gasteiger partial charge in [-0.2, -0.15) is 0 Å². The van der Waals surface area contributed by atoms with Gasteiger partial charge in [-0.1, -0.05) is 20.8 Å². The molecule has 0 bridgehead atoms. The number of thioether (sulfide) groups is 1. The van der Waals surface area contributed by atoms with Crippen molar-refractivity contribution < 1.29 is 4.79 Å². The molecular weight excluding hydrogens is 256 g/mol. The highest BCUT2D eigenvalue weighted by Crippen LogP contribution is 2.30. The third kappa shape index (κ3) is 4.86. The topological polar surface area (TPSA) is 33.2 Å². The van der Waals surface area contributed by atoms with Gasteiger partial charge in [-0.3, -0.25) is 9.78 Å². The first-order valence-electron chi connectivity index (χ1n) is 6.78. The molecule has 1 aliphatic rings. The van der Waals surface area contributed by atoms with Crippen LogP contribution in [0.1, 0.15) is 39.2 Å². The number of carbonyl (C=O) groups excluding carboxylic acids is 1. The lowest BCUT2D eigenvalue weighted by Gasteiger charge is -2.25. The molecule has 0 N–H and O–H groups in total. The minimum absolute atomic E-state index is 0.140. The molecule has 1 amide bonds. The summed E-state index contributed by atoms with van der Waals surface area (Å²) >= 11 is 1.72. The number of amides is 1. The van der Waals surface area contributed by atoms with Crippen molar-refractivity contribution in [2.75, 3.05) is 5.75 Å². The number of hydrogen-bond acceptors (Lipinski definition) is 3.